The molecule has 11 nitrogen and oxygen atoms in total. The first-order chi connectivity index (χ1) is 14.4. The normalized spacial score (nSPS) is 37.8. The van der Waals surface area contributed by atoms with Crippen LogP contribution in [-0.4, -0.2) is 75.0 Å². The van der Waals surface area contributed by atoms with E-state index in [-0.39, 0.29) is 19.3 Å². The minimum Gasteiger partial charge on any atom is -0.451 e. The molecule has 31 heavy (non-hydrogen) atoms. The Kier molecular flexibility index (Phi) is 5.22. The lowest BCUT2D eigenvalue weighted by Crippen LogP contribution is -2.72. The summed E-state index contributed by atoms with van der Waals surface area (Å²) in [6, 6.07) is 0. The Morgan fingerprint density at radius 2 is 1.61 bits per heavy atom. The molecule has 1 spiro atoms. The lowest BCUT2D eigenvalue weighted by Gasteiger charge is -2.49. The van der Waals surface area contributed by atoms with Crippen LogP contribution in [0.4, 0.5) is 0 Å². The quantitative estimate of drug-likeness (QED) is 0.417. The average Bonchev–Trinajstić information content (AvgIpc) is 2.91. The van der Waals surface area contributed by atoms with Crippen LogP contribution in [0.25, 0.3) is 0 Å². The Labute approximate surface area is 178 Å². The highest BCUT2D eigenvalue weighted by Crippen LogP contribution is 2.58. The fraction of sp³-hybridized carbons (Fsp3) is 0.750. The van der Waals surface area contributed by atoms with Gasteiger partial charge in [-0.25, -0.2) is 4.79 Å². The van der Waals surface area contributed by atoms with Crippen molar-refractivity contribution in [3.8, 4) is 0 Å². The summed E-state index contributed by atoms with van der Waals surface area (Å²) in [5.41, 5.74) is -7.56. The first-order valence-electron chi connectivity index (χ1n) is 10.3. The number of carbonyl (C=O) groups is 5. The Balaban J connectivity index is 2.44. The zero-order valence-corrected chi connectivity index (χ0v) is 18.1. The molecule has 1 amide bonds. The summed E-state index contributed by atoms with van der Waals surface area (Å²) in [5, 5.41) is 21.9. The molecule has 2 N–H and O–H groups in total. The van der Waals surface area contributed by atoms with Crippen molar-refractivity contribution in [2.45, 2.75) is 77.6 Å². The zero-order chi connectivity index (χ0) is 23.6. The second-order valence-corrected chi connectivity index (χ2v) is 8.24. The summed E-state index contributed by atoms with van der Waals surface area (Å²) < 4.78 is 16.2. The number of ether oxygens (including phenoxy) is 3. The van der Waals surface area contributed by atoms with E-state index < -0.39 is 70.7 Å². The number of esters is 3. The highest BCUT2D eigenvalue weighted by molar-refractivity contribution is 6.13. The van der Waals surface area contributed by atoms with E-state index in [9.17, 15) is 34.2 Å². The molecule has 3 fully saturated rings. The monoisotopic (exact) mass is 441 g/mol. The molecule has 3 aliphatic heterocycles. The van der Waals surface area contributed by atoms with E-state index in [1.165, 1.54) is 27.7 Å². The van der Waals surface area contributed by atoms with Gasteiger partial charge in [-0.05, 0) is 33.1 Å². The highest BCUT2D eigenvalue weighted by atomic mass is 16.8. The fourth-order valence-corrected chi connectivity index (χ4v) is 5.24. The molecule has 3 heterocycles. The van der Waals surface area contributed by atoms with Crippen molar-refractivity contribution in [2.24, 2.45) is 10.8 Å². The molecule has 0 aromatic heterocycles. The topological polar surface area (TPSA) is 157 Å². The molecule has 2 bridgehead atoms. The SMILES string of the molecule is CCC1(CC)C(=O)OC23OC(=O)C1(O)C(CC)(C(C)=O)C(=O)OC2CN(C(C)O)C3=O. The van der Waals surface area contributed by atoms with Crippen LogP contribution in [0.3, 0.4) is 0 Å². The lowest BCUT2D eigenvalue weighted by molar-refractivity contribution is -0.260. The van der Waals surface area contributed by atoms with Crippen molar-refractivity contribution >= 4 is 29.6 Å². The largest absolute Gasteiger partial charge is 0.451 e. The van der Waals surface area contributed by atoms with Gasteiger partial charge in [-0.2, -0.15) is 0 Å². The molecule has 172 valence electrons. The highest BCUT2D eigenvalue weighted by Gasteiger charge is 2.81. The number of hydrogen-bond donors (Lipinski definition) is 2. The van der Waals surface area contributed by atoms with Crippen LogP contribution >= 0.6 is 0 Å². The molecule has 5 unspecified atom stereocenters. The van der Waals surface area contributed by atoms with Crippen LogP contribution < -0.4 is 0 Å². The Morgan fingerprint density at radius 1 is 1.06 bits per heavy atom. The van der Waals surface area contributed by atoms with Gasteiger partial charge in [-0.1, -0.05) is 20.8 Å². The van der Waals surface area contributed by atoms with E-state index in [0.717, 1.165) is 11.8 Å². The van der Waals surface area contributed by atoms with Gasteiger partial charge in [0.05, 0.1) is 6.54 Å². The average molecular weight is 441 g/mol. The molecule has 11 heteroatoms. The van der Waals surface area contributed by atoms with E-state index in [1.54, 1.807) is 0 Å². The Hall–Kier alpha value is -2.53. The smallest absolute Gasteiger partial charge is 0.376 e. The van der Waals surface area contributed by atoms with E-state index in [4.69, 9.17) is 14.2 Å². The number of rotatable bonds is 5. The maximum atomic E-state index is 13.5. The number of Topliss-reactive ketones (excluding diaryl/α,β-unsaturated/α-hetero) is 1. The third-order valence-electron chi connectivity index (χ3n) is 7.22. The standard InChI is InChI=1S/C20H27NO10/c1-6-17(7-2)14(25)30-19-12(9-21(11(5)23)13(19)24)29-15(26)18(8-3,10(4)22)20(17,28)16(27)31-19/h11-12,23,28H,6-9H2,1-5H3. The van der Waals surface area contributed by atoms with Crippen LogP contribution in [0.5, 0.6) is 0 Å². The molecule has 0 aromatic carbocycles. The Bertz CT molecular complexity index is 864. The fourth-order valence-electron chi connectivity index (χ4n) is 5.24. The van der Waals surface area contributed by atoms with Crippen molar-refractivity contribution < 1.29 is 48.4 Å². The number of likely N-dealkylation sites (tertiary alicyclic amines) is 1. The number of amides is 1. The van der Waals surface area contributed by atoms with Crippen molar-refractivity contribution in [1.82, 2.24) is 4.90 Å². The summed E-state index contributed by atoms with van der Waals surface area (Å²) >= 11 is 0. The molecule has 0 aromatic rings. The predicted molar refractivity (Wildman–Crippen MR) is 99.6 cm³/mol. The van der Waals surface area contributed by atoms with Gasteiger partial charge in [0.25, 0.3) is 0 Å². The van der Waals surface area contributed by atoms with Gasteiger partial charge in [-0.3, -0.25) is 19.2 Å². The molecule has 5 atom stereocenters. The molecular formula is C20H27NO10. The van der Waals surface area contributed by atoms with Gasteiger partial charge in [0.1, 0.15) is 11.6 Å². The number of aliphatic hydroxyl groups excluding tert-OH is 1. The zero-order valence-electron chi connectivity index (χ0n) is 18.1. The molecule has 0 aliphatic carbocycles. The van der Waals surface area contributed by atoms with E-state index in [1.807, 2.05) is 0 Å². The maximum Gasteiger partial charge on any atom is 0.376 e. The van der Waals surface area contributed by atoms with Crippen LogP contribution in [0.15, 0.2) is 0 Å². The van der Waals surface area contributed by atoms with Crippen LogP contribution in [0.1, 0.15) is 53.9 Å². The van der Waals surface area contributed by atoms with Crippen LogP contribution in [-0.2, 0) is 38.2 Å². The minimum atomic E-state index is -2.99. The molecule has 0 saturated carbocycles. The molecule has 3 saturated heterocycles. The minimum absolute atomic E-state index is 0.203. The van der Waals surface area contributed by atoms with Gasteiger partial charge in [0.2, 0.25) is 11.7 Å². The number of nitrogens with zero attached hydrogens (tertiary/aromatic N) is 1. The Morgan fingerprint density at radius 3 is 2.06 bits per heavy atom. The predicted octanol–water partition coefficient (Wildman–Crippen LogP) is -0.588. The van der Waals surface area contributed by atoms with Crippen molar-refractivity contribution in [3.63, 3.8) is 0 Å². The van der Waals surface area contributed by atoms with Gasteiger partial charge >= 0.3 is 29.6 Å². The third-order valence-corrected chi connectivity index (χ3v) is 7.22. The third kappa shape index (κ3) is 2.38. The summed E-state index contributed by atoms with van der Waals surface area (Å²) in [5.74, 6) is -8.65. The summed E-state index contributed by atoms with van der Waals surface area (Å²) in [6.07, 6.45) is -3.82. The summed E-state index contributed by atoms with van der Waals surface area (Å²) in [7, 11) is 0. The first kappa shape index (κ1) is 23.1. The van der Waals surface area contributed by atoms with Gasteiger partial charge in [0.15, 0.2) is 11.2 Å². The lowest BCUT2D eigenvalue weighted by atomic mass is 9.53. The van der Waals surface area contributed by atoms with Crippen LogP contribution in [0.2, 0.25) is 0 Å². The van der Waals surface area contributed by atoms with Crippen molar-refractivity contribution in [2.75, 3.05) is 6.54 Å². The first-order valence-corrected chi connectivity index (χ1v) is 10.3. The number of aliphatic hydroxyl groups is 2. The molecule has 3 aliphatic rings. The summed E-state index contributed by atoms with van der Waals surface area (Å²) in [4.78, 5) is 67.3. The number of fused-ring (bicyclic) bond motifs is 2. The van der Waals surface area contributed by atoms with E-state index >= 15 is 0 Å². The number of carbonyl (C=O) groups excluding carboxylic acids is 5. The number of hydrogen-bond acceptors (Lipinski definition) is 10. The maximum absolute atomic E-state index is 13.5. The molecule has 0 radical (unpaired) electrons. The van der Waals surface area contributed by atoms with E-state index in [0.29, 0.717) is 0 Å². The van der Waals surface area contributed by atoms with E-state index in [2.05, 4.69) is 0 Å². The number of ketones is 1. The molecular weight excluding hydrogens is 414 g/mol. The van der Waals surface area contributed by atoms with Crippen molar-refractivity contribution in [1.29, 1.82) is 0 Å². The second-order valence-electron chi connectivity index (χ2n) is 8.24. The summed E-state index contributed by atoms with van der Waals surface area (Å²) in [6.45, 7) is 6.18. The van der Waals surface area contributed by atoms with Gasteiger partial charge in [0, 0.05) is 0 Å². The van der Waals surface area contributed by atoms with Gasteiger partial charge < -0.3 is 29.3 Å². The van der Waals surface area contributed by atoms with Crippen molar-refractivity contribution in [3.05, 3.63) is 0 Å². The van der Waals surface area contributed by atoms with Crippen LogP contribution in [0, 0.1) is 10.8 Å². The van der Waals surface area contributed by atoms with Gasteiger partial charge in [-0.15, -0.1) is 0 Å². The molecule has 3 rings (SSSR count). The second kappa shape index (κ2) is 6.99.